The molecule has 0 spiro atoms. The van der Waals surface area contributed by atoms with E-state index in [1.165, 1.54) is 25.2 Å². The SMILES string of the molecule is [CH2]CCc1cc2oc(-c3ccc(F)cc3)c(C(=O)NC)c2cc1OS(=O)(=O)C(F)(F)F. The van der Waals surface area contributed by atoms with E-state index in [1.54, 1.807) is 0 Å². The summed E-state index contributed by atoms with van der Waals surface area (Å²) in [5, 5.41) is 2.42. The molecule has 1 heterocycles. The molecular weight excluding hydrogens is 442 g/mol. The van der Waals surface area contributed by atoms with Crippen molar-refractivity contribution in [1.29, 1.82) is 0 Å². The number of carbonyl (C=O) groups excluding carboxylic acids is 1. The molecule has 0 saturated heterocycles. The van der Waals surface area contributed by atoms with Gasteiger partial charge in [-0.25, -0.2) is 4.39 Å². The maximum Gasteiger partial charge on any atom is 0.534 e. The minimum Gasteiger partial charge on any atom is -0.455 e. The fourth-order valence-corrected chi connectivity index (χ4v) is 3.43. The summed E-state index contributed by atoms with van der Waals surface area (Å²) in [5.41, 5.74) is -5.17. The van der Waals surface area contributed by atoms with Crippen LogP contribution in [0.5, 0.6) is 5.75 Å². The van der Waals surface area contributed by atoms with Crippen LogP contribution < -0.4 is 9.50 Å². The van der Waals surface area contributed by atoms with Gasteiger partial charge in [-0.1, -0.05) is 6.92 Å². The molecule has 0 bridgehead atoms. The van der Waals surface area contributed by atoms with Crippen LogP contribution in [0.1, 0.15) is 22.3 Å². The third kappa shape index (κ3) is 4.36. The lowest BCUT2D eigenvalue weighted by Gasteiger charge is -2.13. The molecule has 0 aliphatic heterocycles. The fraction of sp³-hybridized carbons (Fsp3) is 0.200. The maximum atomic E-state index is 13.3. The normalized spacial score (nSPS) is 12.2. The summed E-state index contributed by atoms with van der Waals surface area (Å²) in [4.78, 5) is 12.5. The molecule has 0 aliphatic rings. The highest BCUT2D eigenvalue weighted by atomic mass is 32.2. The zero-order chi connectivity index (χ0) is 23.0. The summed E-state index contributed by atoms with van der Waals surface area (Å²) in [5.74, 6) is -1.73. The first kappa shape index (κ1) is 22.6. The van der Waals surface area contributed by atoms with Gasteiger partial charge >= 0.3 is 15.6 Å². The minimum absolute atomic E-state index is 0.0267. The Labute approximate surface area is 174 Å². The number of fused-ring (bicyclic) bond motifs is 1. The van der Waals surface area contributed by atoms with Gasteiger partial charge in [0.25, 0.3) is 5.91 Å². The number of hydrogen-bond donors (Lipinski definition) is 1. The number of hydrogen-bond acceptors (Lipinski definition) is 5. The number of furan rings is 1. The van der Waals surface area contributed by atoms with E-state index in [2.05, 4.69) is 16.4 Å². The number of nitrogens with one attached hydrogen (secondary N) is 1. The van der Waals surface area contributed by atoms with Crippen LogP contribution in [-0.2, 0) is 16.5 Å². The Morgan fingerprint density at radius 3 is 2.39 bits per heavy atom. The van der Waals surface area contributed by atoms with Crippen molar-refractivity contribution in [1.82, 2.24) is 5.32 Å². The van der Waals surface area contributed by atoms with Crippen molar-refractivity contribution in [3.63, 3.8) is 0 Å². The topological polar surface area (TPSA) is 85.6 Å². The van der Waals surface area contributed by atoms with Gasteiger partial charge in [-0.05, 0) is 54.8 Å². The summed E-state index contributed by atoms with van der Waals surface area (Å²) in [6.45, 7) is 3.61. The van der Waals surface area contributed by atoms with Gasteiger partial charge < -0.3 is 13.9 Å². The van der Waals surface area contributed by atoms with E-state index in [-0.39, 0.29) is 40.7 Å². The summed E-state index contributed by atoms with van der Waals surface area (Å²) >= 11 is 0. The van der Waals surface area contributed by atoms with Crippen molar-refractivity contribution >= 4 is 27.0 Å². The molecule has 1 radical (unpaired) electrons. The highest BCUT2D eigenvalue weighted by Crippen LogP contribution is 2.39. The van der Waals surface area contributed by atoms with E-state index in [1.807, 2.05) is 0 Å². The van der Waals surface area contributed by atoms with Crippen LogP contribution in [0, 0.1) is 12.7 Å². The van der Waals surface area contributed by atoms with Crippen LogP contribution in [0.25, 0.3) is 22.3 Å². The molecule has 1 amide bonds. The Morgan fingerprint density at radius 2 is 1.84 bits per heavy atom. The smallest absolute Gasteiger partial charge is 0.455 e. The van der Waals surface area contributed by atoms with E-state index in [0.717, 1.165) is 18.2 Å². The van der Waals surface area contributed by atoms with Gasteiger partial charge in [0.15, 0.2) is 0 Å². The number of benzene rings is 2. The van der Waals surface area contributed by atoms with E-state index in [0.29, 0.717) is 5.56 Å². The monoisotopic (exact) mass is 458 g/mol. The molecule has 3 rings (SSSR count). The number of aryl methyl sites for hydroxylation is 1. The molecular formula is C20H16F4NO5S. The van der Waals surface area contributed by atoms with Gasteiger partial charge in [0.1, 0.15) is 22.9 Å². The van der Waals surface area contributed by atoms with E-state index < -0.39 is 33.1 Å². The predicted octanol–water partition coefficient (Wildman–Crippen LogP) is 4.59. The van der Waals surface area contributed by atoms with Crippen molar-refractivity contribution in [3.05, 3.63) is 60.3 Å². The van der Waals surface area contributed by atoms with Crippen molar-refractivity contribution in [2.45, 2.75) is 18.3 Å². The van der Waals surface area contributed by atoms with Crippen molar-refractivity contribution in [3.8, 4) is 17.1 Å². The number of halogens is 4. The van der Waals surface area contributed by atoms with Crippen LogP contribution in [0.3, 0.4) is 0 Å². The molecule has 165 valence electrons. The summed E-state index contributed by atoms with van der Waals surface area (Å²) in [6, 6.07) is 7.32. The van der Waals surface area contributed by atoms with Crippen LogP contribution in [0.4, 0.5) is 17.6 Å². The molecule has 11 heteroatoms. The quantitative estimate of drug-likeness (QED) is 0.332. The molecule has 3 aromatic rings. The van der Waals surface area contributed by atoms with Crippen LogP contribution in [0.15, 0.2) is 40.8 Å². The van der Waals surface area contributed by atoms with Gasteiger partial charge in [-0.2, -0.15) is 21.6 Å². The first-order chi connectivity index (χ1) is 14.5. The van der Waals surface area contributed by atoms with Crippen LogP contribution in [-0.4, -0.2) is 26.9 Å². The average molecular weight is 458 g/mol. The lowest BCUT2D eigenvalue weighted by atomic mass is 10.0. The van der Waals surface area contributed by atoms with E-state index >= 15 is 0 Å². The third-order valence-electron chi connectivity index (χ3n) is 4.36. The standard InChI is InChI=1S/C20H16F4NO5S/c1-3-4-12-9-16-14(10-15(12)30-31(27,28)20(22,23)24)17(19(26)25-2)18(29-16)11-5-7-13(21)8-6-11/h5-10H,1,3-4H2,2H3,(H,25,26). The molecule has 1 N–H and O–H groups in total. The van der Waals surface area contributed by atoms with E-state index in [4.69, 9.17) is 4.42 Å². The van der Waals surface area contributed by atoms with Gasteiger partial charge in [-0.15, -0.1) is 0 Å². The molecule has 0 aliphatic carbocycles. The fourth-order valence-electron chi connectivity index (χ4n) is 2.95. The molecule has 0 unspecified atom stereocenters. The van der Waals surface area contributed by atoms with Gasteiger partial charge in [-0.3, -0.25) is 4.79 Å². The molecule has 1 aromatic heterocycles. The number of carbonyl (C=O) groups is 1. The Hall–Kier alpha value is -3.08. The Balaban J connectivity index is 2.28. The maximum absolute atomic E-state index is 13.3. The summed E-state index contributed by atoms with van der Waals surface area (Å²) in [6.07, 6.45) is 0.308. The van der Waals surface area contributed by atoms with Gasteiger partial charge in [0, 0.05) is 18.0 Å². The molecule has 0 fully saturated rings. The molecule has 6 nitrogen and oxygen atoms in total. The Kier molecular flexibility index (Phi) is 5.99. The highest BCUT2D eigenvalue weighted by Gasteiger charge is 2.48. The Bertz CT molecular complexity index is 1230. The molecule has 2 aromatic carbocycles. The Morgan fingerprint density at radius 1 is 1.19 bits per heavy atom. The number of alkyl halides is 3. The zero-order valence-electron chi connectivity index (χ0n) is 16.0. The third-order valence-corrected chi connectivity index (χ3v) is 5.33. The minimum atomic E-state index is -5.94. The summed E-state index contributed by atoms with van der Waals surface area (Å²) in [7, 11) is -4.61. The highest BCUT2D eigenvalue weighted by molar-refractivity contribution is 7.88. The number of amides is 1. The zero-order valence-corrected chi connectivity index (χ0v) is 16.9. The van der Waals surface area contributed by atoms with Crippen LogP contribution in [0.2, 0.25) is 0 Å². The second-order valence-electron chi connectivity index (χ2n) is 6.44. The lowest BCUT2D eigenvalue weighted by Crippen LogP contribution is -2.28. The second kappa shape index (κ2) is 8.22. The van der Waals surface area contributed by atoms with Gasteiger partial charge in [0.05, 0.1) is 5.56 Å². The lowest BCUT2D eigenvalue weighted by molar-refractivity contribution is -0.0500. The van der Waals surface area contributed by atoms with E-state index in [9.17, 15) is 30.8 Å². The average Bonchev–Trinajstić information content (AvgIpc) is 3.05. The number of rotatable bonds is 6. The molecule has 31 heavy (non-hydrogen) atoms. The predicted molar refractivity (Wildman–Crippen MR) is 104 cm³/mol. The van der Waals surface area contributed by atoms with Crippen molar-refractivity contribution < 1.29 is 39.4 Å². The summed E-state index contributed by atoms with van der Waals surface area (Å²) < 4.78 is 85.0. The van der Waals surface area contributed by atoms with Crippen molar-refractivity contribution in [2.24, 2.45) is 0 Å². The van der Waals surface area contributed by atoms with Gasteiger partial charge in [0.2, 0.25) is 0 Å². The largest absolute Gasteiger partial charge is 0.534 e. The molecule has 0 atom stereocenters. The molecule has 0 saturated carbocycles. The first-order valence-corrected chi connectivity index (χ1v) is 10.3. The van der Waals surface area contributed by atoms with Crippen molar-refractivity contribution in [2.75, 3.05) is 7.05 Å². The second-order valence-corrected chi connectivity index (χ2v) is 7.97. The first-order valence-electron chi connectivity index (χ1n) is 8.86. The van der Waals surface area contributed by atoms with Crippen LogP contribution >= 0.6 is 0 Å².